The van der Waals surface area contributed by atoms with Gasteiger partial charge in [-0.05, 0) is 48.0 Å². The Hall–Kier alpha value is -2.24. The van der Waals surface area contributed by atoms with Crippen LogP contribution in [0.2, 0.25) is 5.02 Å². The van der Waals surface area contributed by atoms with E-state index in [0.29, 0.717) is 22.3 Å². The van der Waals surface area contributed by atoms with Crippen LogP contribution in [0.1, 0.15) is 24.5 Å². The van der Waals surface area contributed by atoms with E-state index in [4.69, 9.17) is 16.3 Å². The Morgan fingerprint density at radius 1 is 1.12 bits per heavy atom. The third-order valence-electron chi connectivity index (χ3n) is 3.79. The lowest BCUT2D eigenvalue weighted by Crippen LogP contribution is -2.27. The molecule has 2 amide bonds. The number of hydrogen-bond donors (Lipinski definition) is 0. The van der Waals surface area contributed by atoms with Crippen molar-refractivity contribution in [1.29, 1.82) is 0 Å². The van der Waals surface area contributed by atoms with Crippen molar-refractivity contribution in [3.63, 3.8) is 0 Å². The molecule has 0 bridgehead atoms. The van der Waals surface area contributed by atoms with Gasteiger partial charge in [-0.3, -0.25) is 14.5 Å². The fourth-order valence-electron chi connectivity index (χ4n) is 2.49. The number of benzene rings is 2. The van der Waals surface area contributed by atoms with E-state index in [-0.39, 0.29) is 17.7 Å². The van der Waals surface area contributed by atoms with E-state index in [0.717, 1.165) is 29.3 Å². The molecule has 134 valence electrons. The highest BCUT2D eigenvalue weighted by atomic mass is 35.5. The van der Waals surface area contributed by atoms with Crippen molar-refractivity contribution >= 4 is 40.6 Å². The second-order valence-electron chi connectivity index (χ2n) is 5.78. The van der Waals surface area contributed by atoms with Gasteiger partial charge in [0.15, 0.2) is 0 Å². The second-order valence-corrected chi connectivity index (χ2v) is 7.21. The second kappa shape index (κ2) is 8.43. The standard InChI is InChI=1S/C20H18ClNO3S/c1-2-11-25-17-6-4-3-5-15(17)12-18-19(23)22(20(24)26-18)13-14-7-9-16(21)10-8-14/h3-10,12H,2,11,13H2,1H3/b18-12+. The van der Waals surface area contributed by atoms with E-state index in [1.54, 1.807) is 18.2 Å². The van der Waals surface area contributed by atoms with Gasteiger partial charge in [0.25, 0.3) is 11.1 Å². The minimum absolute atomic E-state index is 0.229. The maximum Gasteiger partial charge on any atom is 0.293 e. The molecule has 1 fully saturated rings. The van der Waals surface area contributed by atoms with Gasteiger partial charge in [0.1, 0.15) is 5.75 Å². The Bertz CT molecular complexity index is 848. The molecule has 0 N–H and O–H groups in total. The quantitative estimate of drug-likeness (QED) is 0.625. The van der Waals surface area contributed by atoms with Gasteiger partial charge in [0, 0.05) is 10.6 Å². The topological polar surface area (TPSA) is 46.6 Å². The van der Waals surface area contributed by atoms with Crippen LogP contribution in [0, 0.1) is 0 Å². The number of thioether (sulfide) groups is 1. The lowest BCUT2D eigenvalue weighted by molar-refractivity contribution is -0.123. The number of nitrogens with zero attached hydrogens (tertiary/aromatic N) is 1. The van der Waals surface area contributed by atoms with Crippen molar-refractivity contribution in [2.45, 2.75) is 19.9 Å². The van der Waals surface area contributed by atoms with Gasteiger partial charge in [0.2, 0.25) is 0 Å². The van der Waals surface area contributed by atoms with Gasteiger partial charge in [-0.15, -0.1) is 0 Å². The molecule has 0 atom stereocenters. The number of para-hydroxylation sites is 1. The summed E-state index contributed by atoms with van der Waals surface area (Å²) in [4.78, 5) is 26.6. The zero-order valence-corrected chi connectivity index (χ0v) is 15.8. The monoisotopic (exact) mass is 387 g/mol. The first-order valence-electron chi connectivity index (χ1n) is 8.30. The first kappa shape index (κ1) is 18.5. The minimum Gasteiger partial charge on any atom is -0.493 e. The number of carbonyl (C=O) groups excluding carboxylic acids is 2. The van der Waals surface area contributed by atoms with Crippen molar-refractivity contribution < 1.29 is 14.3 Å². The van der Waals surface area contributed by atoms with Crippen LogP contribution in [0.25, 0.3) is 6.08 Å². The summed E-state index contributed by atoms with van der Waals surface area (Å²) in [6, 6.07) is 14.6. The number of imide groups is 1. The highest BCUT2D eigenvalue weighted by Crippen LogP contribution is 2.35. The Labute approximate surface area is 161 Å². The SMILES string of the molecule is CCCOc1ccccc1/C=C1/SC(=O)N(Cc2ccc(Cl)cc2)C1=O. The van der Waals surface area contributed by atoms with Gasteiger partial charge in [-0.25, -0.2) is 0 Å². The third kappa shape index (κ3) is 4.29. The summed E-state index contributed by atoms with van der Waals surface area (Å²) in [7, 11) is 0. The molecule has 1 saturated heterocycles. The maximum atomic E-state index is 12.7. The van der Waals surface area contributed by atoms with E-state index in [9.17, 15) is 9.59 Å². The molecule has 26 heavy (non-hydrogen) atoms. The van der Waals surface area contributed by atoms with Crippen LogP contribution in [0.5, 0.6) is 5.75 Å². The van der Waals surface area contributed by atoms with E-state index < -0.39 is 0 Å². The molecular weight excluding hydrogens is 370 g/mol. The largest absolute Gasteiger partial charge is 0.493 e. The molecular formula is C20H18ClNO3S. The van der Waals surface area contributed by atoms with E-state index in [2.05, 4.69) is 0 Å². The van der Waals surface area contributed by atoms with Gasteiger partial charge in [0.05, 0.1) is 18.1 Å². The molecule has 1 aliphatic rings. The van der Waals surface area contributed by atoms with E-state index in [1.807, 2.05) is 43.3 Å². The van der Waals surface area contributed by atoms with Crippen LogP contribution < -0.4 is 4.74 Å². The summed E-state index contributed by atoms with van der Waals surface area (Å²) < 4.78 is 5.72. The van der Waals surface area contributed by atoms with Gasteiger partial charge in [-0.2, -0.15) is 0 Å². The van der Waals surface area contributed by atoms with Crippen molar-refractivity contribution in [3.8, 4) is 5.75 Å². The van der Waals surface area contributed by atoms with Gasteiger partial charge in [-0.1, -0.05) is 48.9 Å². The van der Waals surface area contributed by atoms with Crippen LogP contribution in [0.4, 0.5) is 4.79 Å². The first-order valence-corrected chi connectivity index (χ1v) is 9.49. The molecule has 0 saturated carbocycles. The highest BCUT2D eigenvalue weighted by molar-refractivity contribution is 8.18. The van der Waals surface area contributed by atoms with Gasteiger partial charge < -0.3 is 4.74 Å². The van der Waals surface area contributed by atoms with E-state index in [1.165, 1.54) is 4.90 Å². The minimum atomic E-state index is -0.291. The average Bonchev–Trinajstić information content (AvgIpc) is 2.90. The smallest absolute Gasteiger partial charge is 0.293 e. The lowest BCUT2D eigenvalue weighted by Gasteiger charge is -2.12. The molecule has 2 aromatic rings. The first-order chi connectivity index (χ1) is 12.6. The Balaban J connectivity index is 1.80. The fourth-order valence-corrected chi connectivity index (χ4v) is 3.45. The number of hydrogen-bond acceptors (Lipinski definition) is 4. The molecule has 0 spiro atoms. The molecule has 0 aliphatic carbocycles. The predicted molar refractivity (Wildman–Crippen MR) is 105 cm³/mol. The Morgan fingerprint density at radius 2 is 1.85 bits per heavy atom. The lowest BCUT2D eigenvalue weighted by atomic mass is 10.1. The average molecular weight is 388 g/mol. The molecule has 3 rings (SSSR count). The van der Waals surface area contributed by atoms with Crippen LogP contribution in [0.15, 0.2) is 53.4 Å². The number of rotatable bonds is 6. The van der Waals surface area contributed by atoms with E-state index >= 15 is 0 Å². The zero-order chi connectivity index (χ0) is 18.5. The van der Waals surface area contributed by atoms with Crippen molar-refractivity contribution in [1.82, 2.24) is 4.90 Å². The summed E-state index contributed by atoms with van der Waals surface area (Å²) in [5.41, 5.74) is 1.64. The van der Waals surface area contributed by atoms with Gasteiger partial charge >= 0.3 is 0 Å². The highest BCUT2D eigenvalue weighted by Gasteiger charge is 2.35. The molecule has 0 aromatic heterocycles. The summed E-state index contributed by atoms with van der Waals surface area (Å²) >= 11 is 6.83. The summed E-state index contributed by atoms with van der Waals surface area (Å²) in [6.45, 7) is 2.86. The van der Waals surface area contributed by atoms with Crippen molar-refractivity contribution in [2.75, 3.05) is 6.61 Å². The van der Waals surface area contributed by atoms with Crippen LogP contribution in [0.3, 0.4) is 0 Å². The normalized spacial score (nSPS) is 15.8. The Kier molecular flexibility index (Phi) is 6.01. The molecule has 1 heterocycles. The molecule has 6 heteroatoms. The van der Waals surface area contributed by atoms with Crippen molar-refractivity contribution in [2.24, 2.45) is 0 Å². The van der Waals surface area contributed by atoms with Crippen molar-refractivity contribution in [3.05, 3.63) is 69.6 Å². The third-order valence-corrected chi connectivity index (χ3v) is 4.95. The number of ether oxygens (including phenoxy) is 1. The Morgan fingerprint density at radius 3 is 2.58 bits per heavy atom. The molecule has 0 unspecified atom stereocenters. The molecule has 4 nitrogen and oxygen atoms in total. The van der Waals surface area contributed by atoms with Crippen LogP contribution in [-0.4, -0.2) is 22.7 Å². The number of halogens is 1. The molecule has 0 radical (unpaired) electrons. The maximum absolute atomic E-state index is 12.7. The summed E-state index contributed by atoms with van der Waals surface area (Å²) in [5.74, 6) is 0.416. The number of amides is 2. The summed E-state index contributed by atoms with van der Waals surface area (Å²) in [5, 5.41) is 0.342. The molecule has 2 aromatic carbocycles. The number of carbonyl (C=O) groups is 2. The van der Waals surface area contributed by atoms with Crippen LogP contribution in [-0.2, 0) is 11.3 Å². The summed E-state index contributed by atoms with van der Waals surface area (Å²) in [6.07, 6.45) is 2.61. The zero-order valence-electron chi connectivity index (χ0n) is 14.3. The molecule has 1 aliphatic heterocycles. The fraction of sp³-hybridized carbons (Fsp3) is 0.200. The predicted octanol–water partition coefficient (Wildman–Crippen LogP) is 5.37. The van der Waals surface area contributed by atoms with Crippen LogP contribution >= 0.6 is 23.4 Å².